The molecule has 0 saturated carbocycles. The van der Waals surface area contributed by atoms with Crippen molar-refractivity contribution in [3.63, 3.8) is 0 Å². The number of benzene rings is 1. The number of carbonyl (C=O) groups is 1. The molecule has 0 spiro atoms. The van der Waals surface area contributed by atoms with Crippen LogP contribution in [0.3, 0.4) is 0 Å². The topological polar surface area (TPSA) is 66.7 Å². The fourth-order valence-electron chi connectivity index (χ4n) is 2.24. The lowest BCUT2D eigenvalue weighted by molar-refractivity contribution is -0.118. The maximum atomic E-state index is 12.5. The Kier molecular flexibility index (Phi) is 6.35. The fraction of sp³-hybridized carbons (Fsp3) is 0.176. The molecule has 5 nitrogen and oxygen atoms in total. The van der Waals surface area contributed by atoms with Gasteiger partial charge in [0.1, 0.15) is 0 Å². The summed E-state index contributed by atoms with van der Waals surface area (Å²) in [6.45, 7) is 0. The van der Waals surface area contributed by atoms with Crippen LogP contribution in [0.2, 0.25) is 0 Å². The first-order valence-electron chi connectivity index (χ1n) is 7.63. The van der Waals surface area contributed by atoms with Gasteiger partial charge in [0.25, 0.3) is 5.76 Å². The van der Waals surface area contributed by atoms with Gasteiger partial charge >= 0.3 is 0 Å². The number of amidine groups is 1. The first kappa shape index (κ1) is 18.5. The van der Waals surface area contributed by atoms with Crippen molar-refractivity contribution in [1.29, 1.82) is 0 Å². The molecule has 1 aliphatic heterocycles. The normalized spacial score (nSPS) is 18.8. The molecule has 9 heteroatoms. The number of hydrogen-bond acceptors (Lipinski definition) is 6. The molecular weight excluding hydrogens is 378 g/mol. The smallest absolute Gasteiger partial charge is 0.288 e. The van der Waals surface area contributed by atoms with Crippen LogP contribution in [-0.4, -0.2) is 33.3 Å². The van der Waals surface area contributed by atoms with E-state index < -0.39 is 5.76 Å². The predicted molar refractivity (Wildman–Crippen MR) is 101 cm³/mol. The van der Waals surface area contributed by atoms with Crippen molar-refractivity contribution < 1.29 is 13.6 Å². The second-order valence-electron chi connectivity index (χ2n) is 5.23. The summed E-state index contributed by atoms with van der Waals surface area (Å²) in [5.74, 6) is -2.64. The van der Waals surface area contributed by atoms with Gasteiger partial charge in [-0.1, -0.05) is 41.7 Å². The largest absolute Gasteiger partial charge is 0.303 e. The van der Waals surface area contributed by atoms with Gasteiger partial charge in [0, 0.05) is 11.1 Å². The van der Waals surface area contributed by atoms with Gasteiger partial charge in [-0.3, -0.25) is 9.78 Å². The number of pyridine rings is 1. The molecule has 2 aromatic rings. The highest BCUT2D eigenvalue weighted by molar-refractivity contribution is 8.15. The number of nitrogens with one attached hydrogen (secondary N) is 1. The van der Waals surface area contributed by atoms with Crippen LogP contribution in [0.15, 0.2) is 63.8 Å². The van der Waals surface area contributed by atoms with E-state index in [4.69, 9.17) is 0 Å². The van der Waals surface area contributed by atoms with Crippen molar-refractivity contribution in [1.82, 2.24) is 10.3 Å². The molecule has 0 bridgehead atoms. The van der Waals surface area contributed by atoms with Gasteiger partial charge in [-0.15, -0.1) is 5.10 Å². The van der Waals surface area contributed by atoms with E-state index in [9.17, 15) is 13.6 Å². The third kappa shape index (κ3) is 5.37. The summed E-state index contributed by atoms with van der Waals surface area (Å²) in [4.78, 5) is 16.7. The summed E-state index contributed by atoms with van der Waals surface area (Å²) >= 11 is 1.76. The Hall–Kier alpha value is -2.26. The van der Waals surface area contributed by atoms with Gasteiger partial charge in [-0.2, -0.15) is 13.9 Å². The number of hydrogen-bond donors (Lipinski definition) is 1. The molecule has 1 amide bonds. The van der Waals surface area contributed by atoms with Gasteiger partial charge in [-0.25, -0.2) is 0 Å². The molecule has 134 valence electrons. The number of halogens is 2. The average Bonchev–Trinajstić information content (AvgIpc) is 2.95. The number of alkyl halides is 2. The monoisotopic (exact) mass is 392 g/mol. The maximum absolute atomic E-state index is 12.5. The molecule has 1 aliphatic rings. The number of rotatable bonds is 6. The highest BCUT2D eigenvalue weighted by Crippen LogP contribution is 2.28. The maximum Gasteiger partial charge on any atom is 0.288 e. The van der Waals surface area contributed by atoms with E-state index in [1.54, 1.807) is 36.5 Å². The van der Waals surface area contributed by atoms with Crippen molar-refractivity contribution in [3.05, 3.63) is 59.9 Å². The Morgan fingerprint density at radius 3 is 2.96 bits per heavy atom. The number of aromatic nitrogens is 1. The first-order chi connectivity index (χ1) is 12.6. The van der Waals surface area contributed by atoms with Crippen molar-refractivity contribution in [2.75, 3.05) is 0 Å². The molecular formula is C17H14F2N4OS2. The van der Waals surface area contributed by atoms with Crippen LogP contribution in [0.25, 0.3) is 0 Å². The summed E-state index contributed by atoms with van der Waals surface area (Å²) < 4.78 is 24.9. The highest BCUT2D eigenvalue weighted by atomic mass is 32.2. The molecule has 1 saturated heterocycles. The van der Waals surface area contributed by atoms with E-state index >= 15 is 0 Å². The average molecular weight is 392 g/mol. The van der Waals surface area contributed by atoms with Crippen molar-refractivity contribution in [2.24, 2.45) is 10.2 Å². The molecule has 26 heavy (non-hydrogen) atoms. The molecule has 2 heterocycles. The third-order valence-electron chi connectivity index (χ3n) is 3.35. The van der Waals surface area contributed by atoms with Crippen molar-refractivity contribution >= 4 is 40.8 Å². The van der Waals surface area contributed by atoms with Gasteiger partial charge in [0.05, 0.1) is 17.2 Å². The zero-order valence-corrected chi connectivity index (χ0v) is 15.0. The lowest BCUT2D eigenvalue weighted by Crippen LogP contribution is -2.25. The van der Waals surface area contributed by atoms with E-state index in [-0.39, 0.29) is 11.2 Å². The van der Waals surface area contributed by atoms with Crippen LogP contribution < -0.4 is 5.32 Å². The Morgan fingerprint density at radius 1 is 1.31 bits per heavy atom. The third-order valence-corrected chi connectivity index (χ3v) is 5.12. The minimum absolute atomic E-state index is 0.172. The second-order valence-corrected chi connectivity index (χ2v) is 7.48. The molecule has 3 rings (SSSR count). The SMILES string of the molecule is O=C1N/C(=N/N=C\c2ccccn2)S[C@H]1Cc1cccc(SC(F)F)c1. The van der Waals surface area contributed by atoms with E-state index in [2.05, 4.69) is 20.5 Å². The zero-order valence-electron chi connectivity index (χ0n) is 13.4. The number of nitrogens with zero attached hydrogens (tertiary/aromatic N) is 3. The second kappa shape index (κ2) is 8.91. The van der Waals surface area contributed by atoms with E-state index in [1.165, 1.54) is 18.0 Å². The summed E-state index contributed by atoms with van der Waals surface area (Å²) in [5.41, 5.74) is 1.48. The lowest BCUT2D eigenvalue weighted by Gasteiger charge is -2.07. The Balaban J connectivity index is 1.61. The molecule has 0 aliphatic carbocycles. The van der Waals surface area contributed by atoms with Crippen LogP contribution in [0.5, 0.6) is 0 Å². The lowest BCUT2D eigenvalue weighted by atomic mass is 10.1. The standard InChI is InChI=1S/C17H14F2N4OS2/c18-16(19)25-13-6-3-4-11(8-13)9-14-15(24)22-17(26-14)23-21-10-12-5-1-2-7-20-12/h1-8,10,14,16H,9H2,(H,22,23,24)/b21-10-/t14-/m0/s1. The molecule has 1 N–H and O–H groups in total. The van der Waals surface area contributed by atoms with Crippen LogP contribution in [-0.2, 0) is 11.2 Å². The summed E-state index contributed by atoms with van der Waals surface area (Å²) in [6.07, 6.45) is 3.58. The summed E-state index contributed by atoms with van der Waals surface area (Å²) in [7, 11) is 0. The van der Waals surface area contributed by atoms with Crippen LogP contribution in [0, 0.1) is 0 Å². The summed E-state index contributed by atoms with van der Waals surface area (Å²) in [5, 5.41) is 10.6. The predicted octanol–water partition coefficient (Wildman–Crippen LogP) is 3.56. The van der Waals surface area contributed by atoms with Gasteiger partial charge in [-0.05, 0) is 36.2 Å². The molecule has 1 aromatic heterocycles. The molecule has 1 fully saturated rings. The molecule has 1 atom stereocenters. The number of carbonyl (C=O) groups excluding carboxylic acids is 1. The van der Waals surface area contributed by atoms with Gasteiger partial charge in [0.2, 0.25) is 5.91 Å². The quantitative estimate of drug-likeness (QED) is 0.464. The Bertz CT molecular complexity index is 831. The van der Waals surface area contributed by atoms with Gasteiger partial charge < -0.3 is 5.32 Å². The van der Waals surface area contributed by atoms with E-state index in [1.807, 2.05) is 12.1 Å². The van der Waals surface area contributed by atoms with E-state index in [0.717, 1.165) is 5.56 Å². The fourth-order valence-corrected chi connectivity index (χ4v) is 3.79. The Morgan fingerprint density at radius 2 is 2.19 bits per heavy atom. The minimum Gasteiger partial charge on any atom is -0.303 e. The van der Waals surface area contributed by atoms with Crippen LogP contribution in [0.4, 0.5) is 8.78 Å². The zero-order chi connectivity index (χ0) is 18.4. The van der Waals surface area contributed by atoms with Crippen molar-refractivity contribution in [3.8, 4) is 0 Å². The Labute approximate surface area is 157 Å². The van der Waals surface area contributed by atoms with Crippen LogP contribution in [0.1, 0.15) is 11.3 Å². The van der Waals surface area contributed by atoms with Gasteiger partial charge in [0.15, 0.2) is 5.17 Å². The number of thioether (sulfide) groups is 2. The molecule has 0 unspecified atom stereocenters. The highest BCUT2D eigenvalue weighted by Gasteiger charge is 2.30. The first-order valence-corrected chi connectivity index (χ1v) is 9.39. The van der Waals surface area contributed by atoms with Crippen LogP contribution >= 0.6 is 23.5 Å². The molecule has 1 aromatic carbocycles. The minimum atomic E-state index is -2.47. The van der Waals surface area contributed by atoms with Crippen molar-refractivity contribution in [2.45, 2.75) is 22.3 Å². The van der Waals surface area contributed by atoms with E-state index in [0.29, 0.717) is 33.9 Å². The summed E-state index contributed by atoms with van der Waals surface area (Å²) in [6, 6.07) is 12.3. The number of amides is 1. The molecule has 0 radical (unpaired) electrons.